The molecule has 0 saturated carbocycles. The molecule has 2 nitrogen and oxygen atoms in total. The van der Waals surface area contributed by atoms with Crippen LogP contribution in [0.2, 0.25) is 5.54 Å². The fourth-order valence-corrected chi connectivity index (χ4v) is 3.11. The highest BCUT2D eigenvalue weighted by Gasteiger charge is 2.19. The lowest BCUT2D eigenvalue weighted by molar-refractivity contribution is 0.188. The van der Waals surface area contributed by atoms with Gasteiger partial charge in [0.05, 0.1) is 0 Å². The van der Waals surface area contributed by atoms with Gasteiger partial charge in [-0.2, -0.15) is 0 Å². The maximum Gasteiger partial charge on any atom is 0.324 e. The van der Waals surface area contributed by atoms with Crippen molar-refractivity contribution in [2.45, 2.75) is 52.5 Å². The van der Waals surface area contributed by atoms with Gasteiger partial charge in [0.2, 0.25) is 0 Å². The van der Waals surface area contributed by atoms with E-state index in [0.29, 0.717) is 5.54 Å². The third-order valence-corrected chi connectivity index (χ3v) is 4.61. The molecule has 3 heteroatoms. The molecule has 1 atom stereocenters. The number of hydrogen-bond acceptors (Lipinski definition) is 2. The summed E-state index contributed by atoms with van der Waals surface area (Å²) in [4.78, 5) is 0. The Hall–Kier alpha value is 0.137. The van der Waals surface area contributed by atoms with Crippen LogP contribution < -0.4 is 0 Å². The lowest BCUT2D eigenvalue weighted by Crippen LogP contribution is -2.28. The smallest absolute Gasteiger partial charge is 0.324 e. The van der Waals surface area contributed by atoms with Crippen LogP contribution >= 0.6 is 0 Å². The first-order valence-corrected chi connectivity index (χ1v) is 7.10. The second-order valence-electron chi connectivity index (χ2n) is 3.50. The molecule has 80 valence electrons. The van der Waals surface area contributed by atoms with Gasteiger partial charge in [-0.05, 0) is 18.4 Å². The molecule has 0 aliphatic rings. The molecule has 1 unspecified atom stereocenters. The van der Waals surface area contributed by atoms with Crippen LogP contribution in [0.5, 0.6) is 0 Å². The zero-order valence-electron chi connectivity index (χ0n) is 9.51. The van der Waals surface area contributed by atoms with Crippen molar-refractivity contribution in [2.24, 2.45) is 0 Å². The average Bonchev–Trinajstić information content (AvgIpc) is 2.17. The minimum atomic E-state index is -1.36. The topological polar surface area (TPSA) is 18.5 Å². The molecule has 0 fully saturated rings. The second kappa shape index (κ2) is 8.72. The van der Waals surface area contributed by atoms with Crippen LogP contribution in [0, 0.1) is 0 Å². The molecular formula is C10H24O2Si. The highest BCUT2D eigenvalue weighted by Crippen LogP contribution is 2.15. The van der Waals surface area contributed by atoms with Gasteiger partial charge in [0, 0.05) is 13.2 Å². The van der Waals surface area contributed by atoms with Crippen molar-refractivity contribution in [1.82, 2.24) is 0 Å². The van der Waals surface area contributed by atoms with E-state index >= 15 is 0 Å². The van der Waals surface area contributed by atoms with Crippen molar-refractivity contribution in [3.05, 3.63) is 0 Å². The van der Waals surface area contributed by atoms with Gasteiger partial charge in [0.25, 0.3) is 0 Å². The Balaban J connectivity index is 3.72. The van der Waals surface area contributed by atoms with Crippen molar-refractivity contribution in [3.8, 4) is 0 Å². The Labute approximate surface area is 84.5 Å². The lowest BCUT2D eigenvalue weighted by Gasteiger charge is -2.21. The highest BCUT2D eigenvalue weighted by atomic mass is 28.3. The van der Waals surface area contributed by atoms with Crippen molar-refractivity contribution < 1.29 is 8.85 Å². The monoisotopic (exact) mass is 204 g/mol. The van der Waals surface area contributed by atoms with Gasteiger partial charge in [-0.3, -0.25) is 0 Å². The van der Waals surface area contributed by atoms with Crippen LogP contribution in [0.4, 0.5) is 0 Å². The molecule has 0 aliphatic carbocycles. The van der Waals surface area contributed by atoms with Crippen molar-refractivity contribution in [1.29, 1.82) is 0 Å². The zero-order valence-corrected chi connectivity index (χ0v) is 10.7. The molecule has 0 amide bonds. The van der Waals surface area contributed by atoms with E-state index in [9.17, 15) is 0 Å². The van der Waals surface area contributed by atoms with E-state index in [1.165, 1.54) is 6.42 Å². The minimum absolute atomic E-state index is 0.637. The predicted molar refractivity (Wildman–Crippen MR) is 59.4 cm³/mol. The van der Waals surface area contributed by atoms with Crippen LogP contribution in [0.1, 0.15) is 47.0 Å². The first kappa shape index (κ1) is 13.1. The molecule has 0 heterocycles. The molecule has 0 aromatic carbocycles. The molecule has 0 aromatic rings. The zero-order chi connectivity index (χ0) is 10.1. The Morgan fingerprint density at radius 3 is 1.77 bits per heavy atom. The van der Waals surface area contributed by atoms with E-state index < -0.39 is 9.28 Å². The first-order valence-electron chi connectivity index (χ1n) is 5.49. The molecule has 0 N–H and O–H groups in total. The maximum atomic E-state index is 5.76. The molecule has 0 aromatic heterocycles. The van der Waals surface area contributed by atoms with Gasteiger partial charge in [-0.25, -0.2) is 0 Å². The Bertz CT molecular complexity index is 101. The number of rotatable bonds is 8. The van der Waals surface area contributed by atoms with Gasteiger partial charge in [0.15, 0.2) is 0 Å². The number of hydrogen-bond donors (Lipinski definition) is 0. The summed E-state index contributed by atoms with van der Waals surface area (Å²) in [7, 11) is -1.36. The highest BCUT2D eigenvalue weighted by molar-refractivity contribution is 6.46. The van der Waals surface area contributed by atoms with E-state index in [1.54, 1.807) is 0 Å². The van der Waals surface area contributed by atoms with Crippen molar-refractivity contribution in [2.75, 3.05) is 13.2 Å². The van der Waals surface area contributed by atoms with Crippen LogP contribution in [-0.2, 0) is 8.85 Å². The Morgan fingerprint density at radius 1 is 1.00 bits per heavy atom. The summed E-state index contributed by atoms with van der Waals surface area (Å²) < 4.78 is 11.5. The predicted octanol–water partition coefficient (Wildman–Crippen LogP) is 2.86. The van der Waals surface area contributed by atoms with Crippen molar-refractivity contribution >= 4 is 9.28 Å². The summed E-state index contributed by atoms with van der Waals surface area (Å²) in [6.07, 6.45) is 3.36. The SMILES string of the molecule is CCCO[SiH](OCCC)C(C)CC. The molecule has 0 rings (SSSR count). The summed E-state index contributed by atoms with van der Waals surface area (Å²) >= 11 is 0. The third-order valence-electron chi connectivity index (χ3n) is 2.08. The first-order chi connectivity index (χ1) is 6.26. The largest absolute Gasteiger partial charge is 0.396 e. The quantitative estimate of drug-likeness (QED) is 0.566. The average molecular weight is 204 g/mol. The van der Waals surface area contributed by atoms with Gasteiger partial charge < -0.3 is 8.85 Å². The van der Waals surface area contributed by atoms with E-state index in [-0.39, 0.29) is 0 Å². The van der Waals surface area contributed by atoms with Crippen LogP contribution in [-0.4, -0.2) is 22.5 Å². The van der Waals surface area contributed by atoms with Gasteiger partial charge >= 0.3 is 9.28 Å². The molecular weight excluding hydrogens is 180 g/mol. The molecule has 13 heavy (non-hydrogen) atoms. The molecule has 0 bridgehead atoms. The molecule has 0 radical (unpaired) electrons. The van der Waals surface area contributed by atoms with Gasteiger partial charge in [-0.15, -0.1) is 0 Å². The molecule has 0 saturated heterocycles. The van der Waals surface area contributed by atoms with E-state index in [0.717, 1.165) is 26.1 Å². The molecule has 0 aliphatic heterocycles. The van der Waals surface area contributed by atoms with Crippen LogP contribution in [0.15, 0.2) is 0 Å². The van der Waals surface area contributed by atoms with E-state index in [4.69, 9.17) is 8.85 Å². The molecule has 0 spiro atoms. The minimum Gasteiger partial charge on any atom is -0.396 e. The van der Waals surface area contributed by atoms with Crippen LogP contribution in [0.3, 0.4) is 0 Å². The summed E-state index contributed by atoms with van der Waals surface area (Å²) in [6, 6.07) is 0. The fraction of sp³-hybridized carbons (Fsp3) is 1.00. The Morgan fingerprint density at radius 2 is 1.46 bits per heavy atom. The van der Waals surface area contributed by atoms with Gasteiger partial charge in [-0.1, -0.05) is 34.1 Å². The van der Waals surface area contributed by atoms with Gasteiger partial charge in [0.1, 0.15) is 0 Å². The maximum absolute atomic E-state index is 5.76. The normalized spacial score (nSPS) is 13.6. The summed E-state index contributed by atoms with van der Waals surface area (Å²) in [5.41, 5.74) is 0.637. The Kier molecular flexibility index (Phi) is 8.81. The van der Waals surface area contributed by atoms with Crippen LogP contribution in [0.25, 0.3) is 0 Å². The summed E-state index contributed by atoms with van der Waals surface area (Å²) in [5, 5.41) is 0. The summed E-state index contributed by atoms with van der Waals surface area (Å²) in [6.45, 7) is 10.5. The van der Waals surface area contributed by atoms with E-state index in [2.05, 4.69) is 27.7 Å². The lowest BCUT2D eigenvalue weighted by atomic mass is 10.4. The third kappa shape index (κ3) is 6.24. The fourth-order valence-electron chi connectivity index (χ4n) is 1.04. The standard InChI is InChI=1S/C10H24O2Si/c1-5-8-11-13(10(4)7-3)12-9-6-2/h10,13H,5-9H2,1-4H3. The second-order valence-corrected chi connectivity index (χ2v) is 6.04. The van der Waals surface area contributed by atoms with Crippen molar-refractivity contribution in [3.63, 3.8) is 0 Å². The van der Waals surface area contributed by atoms with E-state index in [1.807, 2.05) is 0 Å². The summed E-state index contributed by atoms with van der Waals surface area (Å²) in [5.74, 6) is 0.